The van der Waals surface area contributed by atoms with E-state index >= 15 is 0 Å². The number of rotatable bonds is 3. The number of ketones is 1. The van der Waals surface area contributed by atoms with Gasteiger partial charge in [0.25, 0.3) is 5.91 Å². The fourth-order valence-electron chi connectivity index (χ4n) is 2.20. The highest BCUT2D eigenvalue weighted by atomic mass is 16.5. The number of hydrogen-bond donors (Lipinski definition) is 1. The van der Waals surface area contributed by atoms with Crippen LogP contribution in [0.15, 0.2) is 18.2 Å². The SMILES string of the molecule is CCC(C)NC(=O)c1ccc2c(c1)C(=O)CC(C)(C)O2. The Morgan fingerprint density at radius 1 is 1.45 bits per heavy atom. The summed E-state index contributed by atoms with van der Waals surface area (Å²) in [5, 5.41) is 2.89. The van der Waals surface area contributed by atoms with Gasteiger partial charge in [0, 0.05) is 11.6 Å². The van der Waals surface area contributed by atoms with E-state index in [-0.39, 0.29) is 17.7 Å². The van der Waals surface area contributed by atoms with Gasteiger partial charge < -0.3 is 10.1 Å². The Morgan fingerprint density at radius 3 is 2.80 bits per heavy atom. The third-order valence-corrected chi connectivity index (χ3v) is 3.50. The maximum absolute atomic E-state index is 12.1. The summed E-state index contributed by atoms with van der Waals surface area (Å²) < 4.78 is 5.77. The van der Waals surface area contributed by atoms with Crippen LogP contribution < -0.4 is 10.1 Å². The summed E-state index contributed by atoms with van der Waals surface area (Å²) in [6.45, 7) is 7.74. The van der Waals surface area contributed by atoms with Crippen molar-refractivity contribution in [3.8, 4) is 5.75 Å². The second-order valence-corrected chi connectivity index (χ2v) is 5.96. The van der Waals surface area contributed by atoms with Crippen molar-refractivity contribution in [1.82, 2.24) is 5.32 Å². The molecule has 1 heterocycles. The lowest BCUT2D eigenvalue weighted by Crippen LogP contribution is -2.36. The maximum atomic E-state index is 12.1. The van der Waals surface area contributed by atoms with E-state index in [2.05, 4.69) is 5.32 Å². The van der Waals surface area contributed by atoms with Gasteiger partial charge in [0.05, 0.1) is 12.0 Å². The molecule has 0 spiro atoms. The van der Waals surface area contributed by atoms with Crippen molar-refractivity contribution in [2.24, 2.45) is 0 Å². The van der Waals surface area contributed by atoms with E-state index in [1.807, 2.05) is 27.7 Å². The normalized spacial score (nSPS) is 17.9. The van der Waals surface area contributed by atoms with Crippen molar-refractivity contribution in [3.63, 3.8) is 0 Å². The molecular formula is C16H21NO3. The average Bonchev–Trinajstić information content (AvgIpc) is 2.36. The number of hydrogen-bond acceptors (Lipinski definition) is 3. The molecule has 1 unspecified atom stereocenters. The topological polar surface area (TPSA) is 55.4 Å². The first-order valence-corrected chi connectivity index (χ1v) is 6.99. The van der Waals surface area contributed by atoms with Gasteiger partial charge in [0.15, 0.2) is 5.78 Å². The van der Waals surface area contributed by atoms with Gasteiger partial charge in [-0.2, -0.15) is 0 Å². The zero-order valence-corrected chi connectivity index (χ0v) is 12.4. The van der Waals surface area contributed by atoms with Crippen LogP contribution in [0.5, 0.6) is 5.75 Å². The van der Waals surface area contributed by atoms with Crippen LogP contribution in [-0.4, -0.2) is 23.3 Å². The molecule has 1 amide bonds. The second-order valence-electron chi connectivity index (χ2n) is 5.96. The minimum atomic E-state index is -0.482. The Bertz CT molecular complexity index is 549. The van der Waals surface area contributed by atoms with Crippen LogP contribution in [0.2, 0.25) is 0 Å². The highest BCUT2D eigenvalue weighted by Crippen LogP contribution is 2.33. The van der Waals surface area contributed by atoms with Crippen molar-refractivity contribution in [2.45, 2.75) is 52.2 Å². The number of carbonyl (C=O) groups excluding carboxylic acids is 2. The van der Waals surface area contributed by atoms with Gasteiger partial charge >= 0.3 is 0 Å². The van der Waals surface area contributed by atoms with Crippen molar-refractivity contribution in [1.29, 1.82) is 0 Å². The molecule has 1 aromatic rings. The third-order valence-electron chi connectivity index (χ3n) is 3.50. The Balaban J connectivity index is 2.27. The highest BCUT2D eigenvalue weighted by Gasteiger charge is 2.32. The lowest BCUT2D eigenvalue weighted by Gasteiger charge is -2.31. The van der Waals surface area contributed by atoms with Crippen LogP contribution in [0.4, 0.5) is 0 Å². The molecule has 0 saturated heterocycles. The maximum Gasteiger partial charge on any atom is 0.251 e. The van der Waals surface area contributed by atoms with Gasteiger partial charge in [-0.3, -0.25) is 9.59 Å². The molecule has 4 nitrogen and oxygen atoms in total. The minimum absolute atomic E-state index is 0.0226. The summed E-state index contributed by atoms with van der Waals surface area (Å²) in [6, 6.07) is 5.15. The molecule has 4 heteroatoms. The quantitative estimate of drug-likeness (QED) is 0.922. The highest BCUT2D eigenvalue weighted by molar-refractivity contribution is 6.03. The van der Waals surface area contributed by atoms with E-state index in [9.17, 15) is 9.59 Å². The fourth-order valence-corrected chi connectivity index (χ4v) is 2.20. The molecule has 1 aliphatic heterocycles. The molecular weight excluding hydrogens is 254 g/mol. The summed E-state index contributed by atoms with van der Waals surface area (Å²) in [4.78, 5) is 24.2. The van der Waals surface area contributed by atoms with Crippen molar-refractivity contribution < 1.29 is 14.3 Å². The van der Waals surface area contributed by atoms with Crippen molar-refractivity contribution in [2.75, 3.05) is 0 Å². The first-order chi connectivity index (χ1) is 9.32. The van der Waals surface area contributed by atoms with Crippen LogP contribution >= 0.6 is 0 Å². The van der Waals surface area contributed by atoms with Gasteiger partial charge in [-0.1, -0.05) is 6.92 Å². The van der Waals surface area contributed by atoms with Crippen LogP contribution in [0, 0.1) is 0 Å². The Morgan fingerprint density at radius 2 is 2.15 bits per heavy atom. The summed E-state index contributed by atoms with van der Waals surface area (Å²) >= 11 is 0. The Labute approximate surface area is 119 Å². The monoisotopic (exact) mass is 275 g/mol. The summed E-state index contributed by atoms with van der Waals surface area (Å²) in [5.74, 6) is 0.431. The molecule has 0 bridgehead atoms. The van der Waals surface area contributed by atoms with Crippen LogP contribution in [-0.2, 0) is 0 Å². The standard InChI is InChI=1S/C16H21NO3/c1-5-10(2)17-15(19)11-6-7-14-12(8-11)13(18)9-16(3,4)20-14/h6-8,10H,5,9H2,1-4H3,(H,17,19). The summed E-state index contributed by atoms with van der Waals surface area (Å²) in [5.41, 5.74) is 0.520. The number of amides is 1. The molecule has 1 aliphatic rings. The number of benzene rings is 1. The Kier molecular flexibility index (Phi) is 3.84. The Hall–Kier alpha value is -1.84. The second kappa shape index (κ2) is 5.27. The first kappa shape index (κ1) is 14.6. The average molecular weight is 275 g/mol. The molecule has 1 aromatic carbocycles. The first-order valence-electron chi connectivity index (χ1n) is 6.99. The minimum Gasteiger partial charge on any atom is -0.487 e. The molecule has 0 aromatic heterocycles. The molecule has 1 N–H and O–H groups in total. The molecule has 2 rings (SSSR count). The van der Waals surface area contributed by atoms with E-state index in [1.165, 1.54) is 0 Å². The zero-order valence-electron chi connectivity index (χ0n) is 12.4. The lowest BCUT2D eigenvalue weighted by molar-refractivity contribution is 0.0620. The zero-order chi connectivity index (χ0) is 14.9. The van der Waals surface area contributed by atoms with Gasteiger partial charge in [-0.25, -0.2) is 0 Å². The predicted octanol–water partition coefficient (Wildman–Crippen LogP) is 2.96. The van der Waals surface area contributed by atoms with Crippen molar-refractivity contribution >= 4 is 11.7 Å². The van der Waals surface area contributed by atoms with Crippen molar-refractivity contribution in [3.05, 3.63) is 29.3 Å². The largest absolute Gasteiger partial charge is 0.487 e. The van der Waals surface area contributed by atoms with Gasteiger partial charge in [0.1, 0.15) is 11.4 Å². The van der Waals surface area contributed by atoms with E-state index in [0.29, 0.717) is 23.3 Å². The van der Waals surface area contributed by atoms with E-state index in [0.717, 1.165) is 6.42 Å². The third kappa shape index (κ3) is 3.00. The number of ether oxygens (including phenoxy) is 1. The molecule has 0 radical (unpaired) electrons. The van der Waals surface area contributed by atoms with Gasteiger partial charge in [-0.05, 0) is 45.4 Å². The summed E-state index contributed by atoms with van der Waals surface area (Å²) in [6.07, 6.45) is 1.20. The molecule has 108 valence electrons. The van der Waals surface area contributed by atoms with E-state index < -0.39 is 5.60 Å². The number of fused-ring (bicyclic) bond motifs is 1. The number of Topliss-reactive ketones (excluding diaryl/α,β-unsaturated/α-hetero) is 1. The fraction of sp³-hybridized carbons (Fsp3) is 0.500. The van der Waals surface area contributed by atoms with E-state index in [1.54, 1.807) is 18.2 Å². The van der Waals surface area contributed by atoms with Crippen LogP contribution in [0.1, 0.15) is 61.3 Å². The van der Waals surface area contributed by atoms with Gasteiger partial charge in [0.2, 0.25) is 0 Å². The van der Waals surface area contributed by atoms with Crippen LogP contribution in [0.3, 0.4) is 0 Å². The number of nitrogens with one attached hydrogen (secondary N) is 1. The number of carbonyl (C=O) groups is 2. The molecule has 0 aliphatic carbocycles. The smallest absolute Gasteiger partial charge is 0.251 e. The molecule has 1 atom stereocenters. The lowest BCUT2D eigenvalue weighted by atomic mass is 9.92. The molecule has 0 fully saturated rings. The molecule has 20 heavy (non-hydrogen) atoms. The predicted molar refractivity (Wildman–Crippen MR) is 77.3 cm³/mol. The molecule has 0 saturated carbocycles. The van der Waals surface area contributed by atoms with Gasteiger partial charge in [-0.15, -0.1) is 0 Å². The summed E-state index contributed by atoms with van der Waals surface area (Å²) in [7, 11) is 0. The van der Waals surface area contributed by atoms with E-state index in [4.69, 9.17) is 4.74 Å². The van der Waals surface area contributed by atoms with Crippen LogP contribution in [0.25, 0.3) is 0 Å².